The monoisotopic (exact) mass is 280 g/mol. The Bertz CT molecular complexity index is 475. The van der Waals surface area contributed by atoms with Crippen LogP contribution in [-0.2, 0) is 17.8 Å². The Kier molecular flexibility index (Phi) is 6.23. The molecule has 0 unspecified atom stereocenters. The van der Waals surface area contributed by atoms with Gasteiger partial charge in [0.25, 0.3) is 0 Å². The fourth-order valence-corrected chi connectivity index (χ4v) is 2.38. The molecule has 2 aromatic carbocycles. The van der Waals surface area contributed by atoms with Gasteiger partial charge in [-0.05, 0) is 29.9 Å². The first-order valence-electron chi connectivity index (χ1n) is 7.61. The first-order chi connectivity index (χ1) is 10.3. The molecule has 0 fully saturated rings. The zero-order valence-corrected chi connectivity index (χ0v) is 12.7. The molecule has 2 atom stereocenters. The van der Waals surface area contributed by atoms with Crippen molar-refractivity contribution in [2.45, 2.75) is 32.5 Å². The maximum absolute atomic E-state index is 6.13. The van der Waals surface area contributed by atoms with Crippen molar-refractivity contribution < 1.29 is 4.74 Å². The minimum absolute atomic E-state index is 0.211. The van der Waals surface area contributed by atoms with E-state index in [-0.39, 0.29) is 6.10 Å². The van der Waals surface area contributed by atoms with Gasteiger partial charge >= 0.3 is 0 Å². The molecule has 0 aliphatic rings. The van der Waals surface area contributed by atoms with Gasteiger partial charge in [0, 0.05) is 0 Å². The molecule has 2 aromatic rings. The molecular weight excluding hydrogens is 256 g/mol. The molecule has 0 N–H and O–H groups in total. The normalized spacial score (nSPS) is 13.6. The summed E-state index contributed by atoms with van der Waals surface area (Å²) < 4.78 is 6.13. The van der Waals surface area contributed by atoms with Crippen molar-refractivity contribution in [2.75, 3.05) is 0 Å². The molecule has 1 heteroatoms. The molecule has 0 amide bonds. The van der Waals surface area contributed by atoms with E-state index in [2.05, 4.69) is 68.1 Å². The maximum atomic E-state index is 6.13. The van der Waals surface area contributed by atoms with Gasteiger partial charge in [-0.3, -0.25) is 0 Å². The third-order valence-corrected chi connectivity index (χ3v) is 3.83. The van der Waals surface area contributed by atoms with E-state index < -0.39 is 0 Å². The van der Waals surface area contributed by atoms with E-state index in [1.54, 1.807) is 0 Å². The van der Waals surface area contributed by atoms with Gasteiger partial charge in [0.1, 0.15) is 0 Å². The third-order valence-electron chi connectivity index (χ3n) is 3.83. The van der Waals surface area contributed by atoms with E-state index >= 15 is 0 Å². The number of aryl methyl sites for hydroxylation is 1. The molecule has 0 bridgehead atoms. The van der Waals surface area contributed by atoms with Gasteiger partial charge < -0.3 is 4.74 Å². The summed E-state index contributed by atoms with van der Waals surface area (Å²) in [5.74, 6) is 0.359. The fourth-order valence-electron chi connectivity index (χ4n) is 2.38. The van der Waals surface area contributed by atoms with Crippen LogP contribution in [0.5, 0.6) is 0 Å². The summed E-state index contributed by atoms with van der Waals surface area (Å²) in [4.78, 5) is 0. The standard InChI is InChI=1S/C20H24O/c1-3-17(2)20(15-14-18-10-6-4-7-11-18)21-16-19-12-8-5-9-13-19/h3-13,17,20H,1,14-16H2,2H3/t17-,20+/m1/s1. The van der Waals surface area contributed by atoms with Gasteiger partial charge in [-0.2, -0.15) is 0 Å². The second kappa shape index (κ2) is 8.43. The minimum atomic E-state index is 0.211. The van der Waals surface area contributed by atoms with Crippen molar-refractivity contribution in [3.63, 3.8) is 0 Å². The lowest BCUT2D eigenvalue weighted by Crippen LogP contribution is -2.21. The zero-order chi connectivity index (χ0) is 14.9. The molecule has 0 radical (unpaired) electrons. The number of hydrogen-bond acceptors (Lipinski definition) is 1. The van der Waals surface area contributed by atoms with Gasteiger partial charge in [0.15, 0.2) is 0 Å². The van der Waals surface area contributed by atoms with Crippen molar-refractivity contribution in [2.24, 2.45) is 5.92 Å². The Morgan fingerprint density at radius 1 is 0.952 bits per heavy atom. The molecule has 0 saturated carbocycles. The molecule has 0 spiro atoms. The summed E-state index contributed by atoms with van der Waals surface area (Å²) in [6, 6.07) is 20.9. The second-order valence-corrected chi connectivity index (χ2v) is 5.45. The topological polar surface area (TPSA) is 9.23 Å². The van der Waals surface area contributed by atoms with Gasteiger partial charge in [-0.15, -0.1) is 6.58 Å². The third kappa shape index (κ3) is 5.20. The lowest BCUT2D eigenvalue weighted by atomic mass is 9.97. The predicted molar refractivity (Wildman–Crippen MR) is 89.1 cm³/mol. The second-order valence-electron chi connectivity index (χ2n) is 5.45. The minimum Gasteiger partial charge on any atom is -0.373 e. The maximum Gasteiger partial charge on any atom is 0.0720 e. The lowest BCUT2D eigenvalue weighted by molar-refractivity contribution is 0.0128. The van der Waals surface area contributed by atoms with Crippen LogP contribution in [0, 0.1) is 5.92 Å². The summed E-state index contributed by atoms with van der Waals surface area (Å²) >= 11 is 0. The van der Waals surface area contributed by atoms with E-state index in [0.717, 1.165) is 12.8 Å². The molecule has 21 heavy (non-hydrogen) atoms. The highest BCUT2D eigenvalue weighted by Crippen LogP contribution is 2.18. The van der Waals surface area contributed by atoms with Crippen LogP contribution >= 0.6 is 0 Å². The largest absolute Gasteiger partial charge is 0.373 e. The van der Waals surface area contributed by atoms with Crippen LogP contribution in [0.3, 0.4) is 0 Å². The van der Waals surface area contributed by atoms with Crippen molar-refractivity contribution in [1.29, 1.82) is 0 Å². The Labute approximate surface area is 128 Å². The Balaban J connectivity index is 1.90. The molecular formula is C20H24O. The summed E-state index contributed by atoms with van der Waals surface area (Å²) in [6.45, 7) is 6.75. The van der Waals surface area contributed by atoms with E-state index in [4.69, 9.17) is 4.74 Å². The number of ether oxygens (including phenoxy) is 1. The highest BCUT2D eigenvalue weighted by molar-refractivity contribution is 5.15. The van der Waals surface area contributed by atoms with Gasteiger partial charge in [-0.25, -0.2) is 0 Å². The molecule has 1 nitrogen and oxygen atoms in total. The molecule has 0 heterocycles. The van der Waals surface area contributed by atoms with Crippen LogP contribution in [0.25, 0.3) is 0 Å². The average Bonchev–Trinajstić information content (AvgIpc) is 2.56. The number of benzene rings is 2. The highest BCUT2D eigenvalue weighted by Gasteiger charge is 2.15. The van der Waals surface area contributed by atoms with Crippen LogP contribution in [0.1, 0.15) is 24.5 Å². The Hall–Kier alpha value is -1.86. The van der Waals surface area contributed by atoms with Crippen LogP contribution in [0.2, 0.25) is 0 Å². The summed E-state index contributed by atoms with van der Waals surface area (Å²) in [5.41, 5.74) is 2.58. The first kappa shape index (κ1) is 15.5. The van der Waals surface area contributed by atoms with Crippen LogP contribution in [0.15, 0.2) is 73.3 Å². The molecule has 0 aliphatic carbocycles. The Morgan fingerprint density at radius 2 is 1.52 bits per heavy atom. The quantitative estimate of drug-likeness (QED) is 0.616. The average molecular weight is 280 g/mol. The highest BCUT2D eigenvalue weighted by atomic mass is 16.5. The van der Waals surface area contributed by atoms with Crippen molar-refractivity contribution in [3.05, 3.63) is 84.4 Å². The fraction of sp³-hybridized carbons (Fsp3) is 0.300. The van der Waals surface area contributed by atoms with Crippen molar-refractivity contribution in [3.8, 4) is 0 Å². The Morgan fingerprint density at radius 3 is 2.10 bits per heavy atom. The molecule has 0 saturated heterocycles. The number of hydrogen-bond donors (Lipinski definition) is 0. The van der Waals surface area contributed by atoms with Crippen molar-refractivity contribution in [1.82, 2.24) is 0 Å². The van der Waals surface area contributed by atoms with Crippen LogP contribution in [0.4, 0.5) is 0 Å². The number of rotatable bonds is 8. The van der Waals surface area contributed by atoms with Gasteiger partial charge in [-0.1, -0.05) is 73.7 Å². The zero-order valence-electron chi connectivity index (χ0n) is 12.7. The van der Waals surface area contributed by atoms with E-state index in [9.17, 15) is 0 Å². The molecule has 0 aliphatic heterocycles. The van der Waals surface area contributed by atoms with Crippen molar-refractivity contribution >= 4 is 0 Å². The molecule has 2 rings (SSSR count). The smallest absolute Gasteiger partial charge is 0.0720 e. The summed E-state index contributed by atoms with van der Waals surface area (Å²) in [6.07, 6.45) is 4.26. The molecule has 110 valence electrons. The predicted octanol–water partition coefficient (Wildman–Crippen LogP) is 5.03. The first-order valence-corrected chi connectivity index (χ1v) is 7.61. The van der Waals surface area contributed by atoms with Gasteiger partial charge in [0.05, 0.1) is 12.7 Å². The van der Waals surface area contributed by atoms with Crippen LogP contribution < -0.4 is 0 Å². The summed E-state index contributed by atoms with van der Waals surface area (Å²) in [5, 5.41) is 0. The van der Waals surface area contributed by atoms with E-state index in [1.165, 1.54) is 11.1 Å². The SMILES string of the molecule is C=C[C@@H](C)[C@H](CCc1ccccc1)OCc1ccccc1. The lowest BCUT2D eigenvalue weighted by Gasteiger charge is -2.22. The summed E-state index contributed by atoms with van der Waals surface area (Å²) in [7, 11) is 0. The van der Waals surface area contributed by atoms with E-state index in [1.807, 2.05) is 12.1 Å². The van der Waals surface area contributed by atoms with Crippen LogP contribution in [-0.4, -0.2) is 6.10 Å². The van der Waals surface area contributed by atoms with E-state index in [0.29, 0.717) is 12.5 Å². The molecule has 0 aromatic heterocycles. The van der Waals surface area contributed by atoms with Gasteiger partial charge in [0.2, 0.25) is 0 Å².